The zero-order chi connectivity index (χ0) is 14.5. The van der Waals surface area contributed by atoms with Crippen LogP contribution in [0.1, 0.15) is 24.1 Å². The standard InChI is InChI=1S/C16H20ClN3/c1-12(18)16(14-4-3-5-15(17)10-14)20(2)11-13-6-8-19-9-7-13/h3-10,12,16H,11,18H2,1-2H3. The second-order valence-corrected chi connectivity index (χ2v) is 5.57. The average molecular weight is 290 g/mol. The number of likely N-dealkylation sites (N-methyl/N-ethyl adjacent to an activating group) is 1. The van der Waals surface area contributed by atoms with Crippen LogP contribution in [0.5, 0.6) is 0 Å². The van der Waals surface area contributed by atoms with Gasteiger partial charge in [-0.05, 0) is 49.4 Å². The van der Waals surface area contributed by atoms with Crippen LogP contribution in [0.25, 0.3) is 0 Å². The number of pyridine rings is 1. The van der Waals surface area contributed by atoms with Gasteiger partial charge in [0, 0.05) is 36.0 Å². The van der Waals surface area contributed by atoms with Gasteiger partial charge in [-0.2, -0.15) is 0 Å². The lowest BCUT2D eigenvalue weighted by Crippen LogP contribution is -2.36. The summed E-state index contributed by atoms with van der Waals surface area (Å²) in [5.74, 6) is 0. The summed E-state index contributed by atoms with van der Waals surface area (Å²) in [4.78, 5) is 6.28. The summed E-state index contributed by atoms with van der Waals surface area (Å²) in [5, 5.41) is 0.741. The van der Waals surface area contributed by atoms with Crippen molar-refractivity contribution in [3.05, 3.63) is 64.9 Å². The summed E-state index contributed by atoms with van der Waals surface area (Å²) < 4.78 is 0. The molecule has 2 unspecified atom stereocenters. The highest BCUT2D eigenvalue weighted by Crippen LogP contribution is 2.26. The Labute approximate surface area is 125 Å². The lowest BCUT2D eigenvalue weighted by molar-refractivity contribution is 0.211. The van der Waals surface area contributed by atoms with E-state index in [4.69, 9.17) is 17.3 Å². The zero-order valence-electron chi connectivity index (χ0n) is 11.8. The molecule has 2 aromatic rings. The first-order valence-electron chi connectivity index (χ1n) is 6.68. The maximum atomic E-state index is 6.18. The number of nitrogens with zero attached hydrogens (tertiary/aromatic N) is 2. The molecule has 0 bridgehead atoms. The van der Waals surface area contributed by atoms with Crippen molar-refractivity contribution in [2.75, 3.05) is 7.05 Å². The van der Waals surface area contributed by atoms with E-state index in [0.717, 1.165) is 17.1 Å². The molecule has 0 spiro atoms. The summed E-state index contributed by atoms with van der Waals surface area (Å²) in [6, 6.07) is 12.1. The van der Waals surface area contributed by atoms with Crippen molar-refractivity contribution in [3.63, 3.8) is 0 Å². The molecular formula is C16H20ClN3. The van der Waals surface area contributed by atoms with E-state index in [0.29, 0.717) is 0 Å². The topological polar surface area (TPSA) is 42.1 Å². The molecule has 0 aliphatic heterocycles. The Balaban J connectivity index is 2.20. The van der Waals surface area contributed by atoms with Gasteiger partial charge < -0.3 is 5.73 Å². The smallest absolute Gasteiger partial charge is 0.0497 e. The van der Waals surface area contributed by atoms with Gasteiger partial charge in [0.05, 0.1) is 0 Å². The van der Waals surface area contributed by atoms with Crippen molar-refractivity contribution in [2.24, 2.45) is 5.73 Å². The third-order valence-corrected chi connectivity index (χ3v) is 3.58. The molecule has 1 heterocycles. The minimum Gasteiger partial charge on any atom is -0.326 e. The first-order chi connectivity index (χ1) is 9.58. The van der Waals surface area contributed by atoms with Gasteiger partial charge in [-0.1, -0.05) is 23.7 Å². The number of aromatic nitrogens is 1. The van der Waals surface area contributed by atoms with E-state index in [1.807, 2.05) is 49.6 Å². The molecule has 0 radical (unpaired) electrons. The summed E-state index contributed by atoms with van der Waals surface area (Å²) in [6.45, 7) is 2.84. The molecular weight excluding hydrogens is 270 g/mol. The van der Waals surface area contributed by atoms with Gasteiger partial charge in [-0.25, -0.2) is 0 Å². The lowest BCUT2D eigenvalue weighted by Gasteiger charge is -2.31. The summed E-state index contributed by atoms with van der Waals surface area (Å²) >= 11 is 6.09. The highest BCUT2D eigenvalue weighted by Gasteiger charge is 2.21. The fourth-order valence-electron chi connectivity index (χ4n) is 2.52. The van der Waals surface area contributed by atoms with Crippen LogP contribution in [0.2, 0.25) is 5.02 Å². The first kappa shape index (κ1) is 15.0. The predicted octanol–water partition coefficient (Wildman–Crippen LogP) is 3.26. The second kappa shape index (κ2) is 6.84. The monoisotopic (exact) mass is 289 g/mol. The van der Waals surface area contributed by atoms with Gasteiger partial charge in [0.2, 0.25) is 0 Å². The summed E-state index contributed by atoms with van der Waals surface area (Å²) in [5.41, 5.74) is 8.54. The normalized spacial score (nSPS) is 14.2. The predicted molar refractivity (Wildman–Crippen MR) is 83.5 cm³/mol. The lowest BCUT2D eigenvalue weighted by atomic mass is 9.99. The molecule has 0 aliphatic rings. The number of benzene rings is 1. The molecule has 3 nitrogen and oxygen atoms in total. The molecule has 106 valence electrons. The highest BCUT2D eigenvalue weighted by molar-refractivity contribution is 6.30. The Bertz CT molecular complexity index is 542. The Morgan fingerprint density at radius 1 is 1.25 bits per heavy atom. The molecule has 4 heteroatoms. The largest absolute Gasteiger partial charge is 0.326 e. The van der Waals surface area contributed by atoms with Crippen LogP contribution in [0.15, 0.2) is 48.8 Å². The number of rotatable bonds is 5. The average Bonchev–Trinajstić information content (AvgIpc) is 2.39. The van der Waals surface area contributed by atoms with Crippen molar-refractivity contribution in [3.8, 4) is 0 Å². The molecule has 0 saturated carbocycles. The van der Waals surface area contributed by atoms with Crippen LogP contribution in [-0.4, -0.2) is 23.0 Å². The van der Waals surface area contributed by atoms with Crippen molar-refractivity contribution >= 4 is 11.6 Å². The van der Waals surface area contributed by atoms with Gasteiger partial charge in [0.15, 0.2) is 0 Å². The molecule has 0 saturated heterocycles. The molecule has 2 atom stereocenters. The van der Waals surface area contributed by atoms with Crippen molar-refractivity contribution < 1.29 is 0 Å². The van der Waals surface area contributed by atoms with E-state index in [-0.39, 0.29) is 12.1 Å². The maximum Gasteiger partial charge on any atom is 0.0497 e. The van der Waals surface area contributed by atoms with E-state index in [2.05, 4.69) is 23.0 Å². The van der Waals surface area contributed by atoms with Crippen LogP contribution < -0.4 is 5.73 Å². The fraction of sp³-hybridized carbons (Fsp3) is 0.312. The second-order valence-electron chi connectivity index (χ2n) is 5.13. The van der Waals surface area contributed by atoms with Gasteiger partial charge in [0.25, 0.3) is 0 Å². The molecule has 0 aliphatic carbocycles. The number of hydrogen-bond acceptors (Lipinski definition) is 3. The third-order valence-electron chi connectivity index (χ3n) is 3.34. The van der Waals surface area contributed by atoms with Gasteiger partial charge >= 0.3 is 0 Å². The number of halogens is 1. The number of nitrogens with two attached hydrogens (primary N) is 1. The molecule has 20 heavy (non-hydrogen) atoms. The van der Waals surface area contributed by atoms with E-state index < -0.39 is 0 Å². The zero-order valence-corrected chi connectivity index (χ0v) is 12.6. The Morgan fingerprint density at radius 3 is 2.55 bits per heavy atom. The first-order valence-corrected chi connectivity index (χ1v) is 7.06. The van der Waals surface area contributed by atoms with Crippen LogP contribution >= 0.6 is 11.6 Å². The number of hydrogen-bond donors (Lipinski definition) is 1. The third kappa shape index (κ3) is 3.79. The quantitative estimate of drug-likeness (QED) is 0.919. The van der Waals surface area contributed by atoms with E-state index in [1.54, 1.807) is 0 Å². The van der Waals surface area contributed by atoms with Crippen LogP contribution in [-0.2, 0) is 6.54 Å². The van der Waals surface area contributed by atoms with Crippen molar-refractivity contribution in [1.29, 1.82) is 0 Å². The molecule has 1 aromatic carbocycles. The van der Waals surface area contributed by atoms with Crippen LogP contribution in [0, 0.1) is 0 Å². The Kier molecular flexibility index (Phi) is 5.12. The molecule has 0 amide bonds. The Hall–Kier alpha value is -1.42. The maximum absolute atomic E-state index is 6.18. The van der Waals surface area contributed by atoms with Gasteiger partial charge in [-0.3, -0.25) is 9.88 Å². The summed E-state index contributed by atoms with van der Waals surface area (Å²) in [7, 11) is 2.08. The van der Waals surface area contributed by atoms with Crippen molar-refractivity contribution in [1.82, 2.24) is 9.88 Å². The molecule has 0 fully saturated rings. The minimum absolute atomic E-state index is 0.0142. The van der Waals surface area contributed by atoms with E-state index in [9.17, 15) is 0 Å². The van der Waals surface area contributed by atoms with E-state index in [1.165, 1.54) is 5.56 Å². The molecule has 1 aromatic heterocycles. The summed E-state index contributed by atoms with van der Waals surface area (Å²) in [6.07, 6.45) is 3.62. The van der Waals surface area contributed by atoms with E-state index >= 15 is 0 Å². The van der Waals surface area contributed by atoms with Gasteiger partial charge in [-0.15, -0.1) is 0 Å². The minimum atomic E-state index is 0.0142. The van der Waals surface area contributed by atoms with Crippen LogP contribution in [0.4, 0.5) is 0 Å². The SMILES string of the molecule is CC(N)C(c1cccc(Cl)c1)N(C)Cc1ccncc1. The Morgan fingerprint density at radius 2 is 1.95 bits per heavy atom. The van der Waals surface area contributed by atoms with Crippen LogP contribution in [0.3, 0.4) is 0 Å². The molecule has 2 N–H and O–H groups in total. The van der Waals surface area contributed by atoms with Gasteiger partial charge in [0.1, 0.15) is 0 Å². The van der Waals surface area contributed by atoms with Crippen molar-refractivity contribution in [2.45, 2.75) is 25.6 Å². The fourth-order valence-corrected chi connectivity index (χ4v) is 2.72. The highest BCUT2D eigenvalue weighted by atomic mass is 35.5. The molecule has 2 rings (SSSR count).